The van der Waals surface area contributed by atoms with Crippen molar-refractivity contribution < 1.29 is 4.79 Å². The summed E-state index contributed by atoms with van der Waals surface area (Å²) in [5, 5.41) is 0.729. The largest absolute Gasteiger partial charge is 0.295 e. The van der Waals surface area contributed by atoms with Crippen LogP contribution in [0, 0.1) is 0 Å². The van der Waals surface area contributed by atoms with Crippen LogP contribution in [0.5, 0.6) is 0 Å². The van der Waals surface area contributed by atoms with Crippen molar-refractivity contribution in [3.8, 4) is 0 Å². The molecule has 0 bridgehead atoms. The van der Waals surface area contributed by atoms with Crippen molar-refractivity contribution in [1.29, 1.82) is 0 Å². The predicted octanol–water partition coefficient (Wildman–Crippen LogP) is 3.87. The maximum atomic E-state index is 11.6. The normalized spacial score (nSPS) is 19.5. The fourth-order valence-corrected chi connectivity index (χ4v) is 1.94. The van der Waals surface area contributed by atoms with E-state index in [2.05, 4.69) is 0 Å². The topological polar surface area (TPSA) is 17.1 Å². The molecule has 0 radical (unpaired) electrons. The van der Waals surface area contributed by atoms with Crippen molar-refractivity contribution in [2.45, 2.75) is 25.7 Å². The van der Waals surface area contributed by atoms with Crippen LogP contribution < -0.4 is 0 Å². The Hall–Kier alpha value is -1.08. The van der Waals surface area contributed by atoms with Gasteiger partial charge in [-0.15, -0.1) is 0 Å². The smallest absolute Gasteiger partial charge is 0.158 e. The van der Waals surface area contributed by atoms with Crippen molar-refractivity contribution in [3.05, 3.63) is 40.4 Å². The minimum Gasteiger partial charge on any atom is -0.295 e. The third-order valence-electron chi connectivity index (χ3n) is 2.67. The first kappa shape index (κ1) is 10.4. The van der Waals surface area contributed by atoms with Gasteiger partial charge in [-0.2, -0.15) is 0 Å². The van der Waals surface area contributed by atoms with Gasteiger partial charge in [0.25, 0.3) is 0 Å². The lowest BCUT2D eigenvalue weighted by atomic mass is 9.92. The molecule has 2 heteroatoms. The molecule has 1 aliphatic carbocycles. The van der Waals surface area contributed by atoms with Crippen LogP contribution in [-0.4, -0.2) is 5.78 Å². The SMILES string of the molecule is O=C1CCCC/C1=C\c1ccc(Cl)cc1. The summed E-state index contributed by atoms with van der Waals surface area (Å²) in [6.07, 6.45) is 5.78. The molecule has 0 atom stereocenters. The monoisotopic (exact) mass is 220 g/mol. The van der Waals surface area contributed by atoms with Crippen molar-refractivity contribution in [2.75, 3.05) is 0 Å². The Bertz CT molecular complexity index is 390. The number of hydrogen-bond acceptors (Lipinski definition) is 1. The van der Waals surface area contributed by atoms with Crippen LogP contribution >= 0.6 is 11.6 Å². The van der Waals surface area contributed by atoms with E-state index in [0.717, 1.165) is 35.4 Å². The Morgan fingerprint density at radius 2 is 1.73 bits per heavy atom. The summed E-state index contributed by atoms with van der Waals surface area (Å²) in [6.45, 7) is 0. The lowest BCUT2D eigenvalue weighted by molar-refractivity contribution is -0.116. The number of carbonyl (C=O) groups excluding carboxylic acids is 1. The van der Waals surface area contributed by atoms with E-state index in [1.165, 1.54) is 0 Å². The second-order valence-corrected chi connectivity index (χ2v) is 4.29. The van der Waals surface area contributed by atoms with Gasteiger partial charge in [-0.1, -0.05) is 23.7 Å². The maximum Gasteiger partial charge on any atom is 0.158 e. The van der Waals surface area contributed by atoms with Gasteiger partial charge < -0.3 is 0 Å². The summed E-state index contributed by atoms with van der Waals surface area (Å²) in [5.41, 5.74) is 2.02. The van der Waals surface area contributed by atoms with Crippen LogP contribution in [0.4, 0.5) is 0 Å². The molecule has 1 aliphatic rings. The minimum absolute atomic E-state index is 0.302. The molecule has 1 nitrogen and oxygen atoms in total. The molecular weight excluding hydrogens is 208 g/mol. The summed E-state index contributed by atoms with van der Waals surface area (Å²) in [6, 6.07) is 7.58. The Kier molecular flexibility index (Phi) is 3.22. The lowest BCUT2D eigenvalue weighted by Crippen LogP contribution is -2.07. The molecule has 15 heavy (non-hydrogen) atoms. The molecule has 0 heterocycles. The summed E-state index contributed by atoms with van der Waals surface area (Å²) < 4.78 is 0. The van der Waals surface area contributed by atoms with Gasteiger partial charge in [0.2, 0.25) is 0 Å². The van der Waals surface area contributed by atoms with Gasteiger partial charge in [0, 0.05) is 11.4 Å². The highest BCUT2D eigenvalue weighted by Crippen LogP contribution is 2.22. The van der Waals surface area contributed by atoms with Gasteiger partial charge in [-0.25, -0.2) is 0 Å². The second kappa shape index (κ2) is 4.63. The number of allylic oxidation sites excluding steroid dienone is 1. The van der Waals surface area contributed by atoms with E-state index >= 15 is 0 Å². The average Bonchev–Trinajstić information content (AvgIpc) is 2.25. The van der Waals surface area contributed by atoms with Crippen molar-refractivity contribution in [1.82, 2.24) is 0 Å². The van der Waals surface area contributed by atoms with Crippen molar-refractivity contribution >= 4 is 23.5 Å². The first-order valence-corrected chi connectivity index (χ1v) is 5.63. The van der Waals surface area contributed by atoms with E-state index in [-0.39, 0.29) is 0 Å². The van der Waals surface area contributed by atoms with E-state index < -0.39 is 0 Å². The molecule has 2 rings (SSSR count). The summed E-state index contributed by atoms with van der Waals surface area (Å²) in [7, 11) is 0. The van der Waals surface area contributed by atoms with E-state index in [1.54, 1.807) is 0 Å². The highest BCUT2D eigenvalue weighted by atomic mass is 35.5. The Labute approximate surface area is 94.8 Å². The predicted molar refractivity (Wildman–Crippen MR) is 62.9 cm³/mol. The number of hydrogen-bond donors (Lipinski definition) is 0. The van der Waals surface area contributed by atoms with E-state index in [9.17, 15) is 4.79 Å². The Balaban J connectivity index is 2.21. The third-order valence-corrected chi connectivity index (χ3v) is 2.92. The standard InChI is InChI=1S/C13H13ClO/c14-12-7-5-10(6-8-12)9-11-3-1-2-4-13(11)15/h5-9H,1-4H2/b11-9+. The molecular formula is C13H13ClO. The fraction of sp³-hybridized carbons (Fsp3) is 0.308. The molecule has 0 unspecified atom stereocenters. The quantitative estimate of drug-likeness (QED) is 0.657. The summed E-state index contributed by atoms with van der Waals surface area (Å²) in [4.78, 5) is 11.6. The van der Waals surface area contributed by atoms with Gasteiger partial charge >= 0.3 is 0 Å². The summed E-state index contributed by atoms with van der Waals surface area (Å²) >= 11 is 5.80. The molecule has 0 N–H and O–H groups in total. The summed E-state index contributed by atoms with van der Waals surface area (Å²) in [5.74, 6) is 0.302. The van der Waals surface area contributed by atoms with Crippen molar-refractivity contribution in [2.24, 2.45) is 0 Å². The zero-order valence-corrected chi connectivity index (χ0v) is 9.26. The molecule has 78 valence electrons. The number of halogens is 1. The molecule has 0 spiro atoms. The van der Waals surface area contributed by atoms with Crippen LogP contribution in [-0.2, 0) is 4.79 Å². The molecule has 1 aromatic carbocycles. The van der Waals surface area contributed by atoms with Gasteiger partial charge in [0.15, 0.2) is 5.78 Å². The molecule has 0 aromatic heterocycles. The molecule has 0 aliphatic heterocycles. The van der Waals surface area contributed by atoms with Crippen molar-refractivity contribution in [3.63, 3.8) is 0 Å². The van der Waals surface area contributed by atoms with Crippen LogP contribution in [0.3, 0.4) is 0 Å². The number of benzene rings is 1. The first-order valence-electron chi connectivity index (χ1n) is 5.25. The number of carbonyl (C=O) groups is 1. The average molecular weight is 221 g/mol. The fourth-order valence-electron chi connectivity index (χ4n) is 1.81. The molecule has 1 aromatic rings. The van der Waals surface area contributed by atoms with Gasteiger partial charge in [-0.3, -0.25) is 4.79 Å². The van der Waals surface area contributed by atoms with E-state index in [0.29, 0.717) is 12.2 Å². The van der Waals surface area contributed by atoms with Crippen LogP contribution in [0.15, 0.2) is 29.8 Å². The molecule has 1 saturated carbocycles. The van der Waals surface area contributed by atoms with E-state index in [1.807, 2.05) is 30.3 Å². The minimum atomic E-state index is 0.302. The zero-order valence-electron chi connectivity index (χ0n) is 8.50. The first-order chi connectivity index (χ1) is 7.25. The van der Waals surface area contributed by atoms with Gasteiger partial charge in [0.05, 0.1) is 0 Å². The molecule has 0 saturated heterocycles. The van der Waals surface area contributed by atoms with E-state index in [4.69, 9.17) is 11.6 Å². The van der Waals surface area contributed by atoms with Crippen LogP contribution in [0.25, 0.3) is 6.08 Å². The van der Waals surface area contributed by atoms with Crippen LogP contribution in [0.2, 0.25) is 5.02 Å². The molecule has 0 amide bonds. The third kappa shape index (κ3) is 2.69. The highest BCUT2D eigenvalue weighted by Gasteiger charge is 2.14. The number of Topliss-reactive ketones (excluding diaryl/α,β-unsaturated/α-hetero) is 1. The Morgan fingerprint density at radius 1 is 1.07 bits per heavy atom. The zero-order chi connectivity index (χ0) is 10.7. The van der Waals surface area contributed by atoms with Crippen LogP contribution in [0.1, 0.15) is 31.2 Å². The highest BCUT2D eigenvalue weighted by molar-refractivity contribution is 6.30. The number of rotatable bonds is 1. The number of ketones is 1. The van der Waals surface area contributed by atoms with Gasteiger partial charge in [0.1, 0.15) is 0 Å². The second-order valence-electron chi connectivity index (χ2n) is 3.85. The van der Waals surface area contributed by atoms with Gasteiger partial charge in [-0.05, 0) is 48.6 Å². The molecule has 1 fully saturated rings. The lowest BCUT2D eigenvalue weighted by Gasteiger charge is -2.12. The Morgan fingerprint density at radius 3 is 2.40 bits per heavy atom. The maximum absolute atomic E-state index is 11.6.